The highest BCUT2D eigenvalue weighted by atomic mass is 35.5. The third-order valence-corrected chi connectivity index (χ3v) is 2.96. The van der Waals surface area contributed by atoms with Crippen LogP contribution in [0.4, 0.5) is 4.79 Å². The van der Waals surface area contributed by atoms with E-state index in [0.29, 0.717) is 24.0 Å². The van der Waals surface area contributed by atoms with E-state index in [1.807, 2.05) is 19.1 Å². The van der Waals surface area contributed by atoms with Crippen molar-refractivity contribution in [3.05, 3.63) is 41.3 Å². The predicted molar refractivity (Wildman–Crippen MR) is 79.5 cm³/mol. The van der Waals surface area contributed by atoms with Crippen LogP contribution in [0.3, 0.4) is 0 Å². The summed E-state index contributed by atoms with van der Waals surface area (Å²) in [5.41, 5.74) is 0.879. The van der Waals surface area contributed by atoms with E-state index in [9.17, 15) is 4.79 Å². The standard InChI is InChI=1S/C14H17ClN4O2/c1-2-3-6-21-14(20)17-8-11-4-5-13(16-7-11)19-10-12(15)9-18-19/h4-5,7,9-10H,2-3,6,8H2,1H3,(H,17,20). The maximum atomic E-state index is 11.4. The number of nitrogens with one attached hydrogen (secondary N) is 1. The second-order valence-electron chi connectivity index (χ2n) is 4.47. The van der Waals surface area contributed by atoms with Gasteiger partial charge in [0, 0.05) is 12.7 Å². The lowest BCUT2D eigenvalue weighted by Gasteiger charge is -2.07. The Kier molecular flexibility index (Phi) is 5.57. The van der Waals surface area contributed by atoms with Gasteiger partial charge in [0.2, 0.25) is 0 Å². The Hall–Kier alpha value is -2.08. The zero-order valence-corrected chi connectivity index (χ0v) is 12.5. The van der Waals surface area contributed by atoms with E-state index in [0.717, 1.165) is 18.4 Å². The van der Waals surface area contributed by atoms with E-state index in [1.165, 1.54) is 0 Å². The van der Waals surface area contributed by atoms with Gasteiger partial charge in [0.25, 0.3) is 0 Å². The summed E-state index contributed by atoms with van der Waals surface area (Å²) in [4.78, 5) is 15.7. The van der Waals surface area contributed by atoms with Gasteiger partial charge in [-0.15, -0.1) is 0 Å². The first kappa shape index (κ1) is 15.3. The number of halogens is 1. The number of hydrogen-bond acceptors (Lipinski definition) is 4. The topological polar surface area (TPSA) is 69.0 Å². The number of unbranched alkanes of at least 4 members (excludes halogenated alkanes) is 1. The van der Waals surface area contributed by atoms with E-state index < -0.39 is 6.09 Å². The van der Waals surface area contributed by atoms with Crippen molar-refractivity contribution in [3.8, 4) is 5.82 Å². The Morgan fingerprint density at radius 2 is 2.29 bits per heavy atom. The van der Waals surface area contributed by atoms with Gasteiger partial charge in [-0.2, -0.15) is 5.10 Å². The van der Waals surface area contributed by atoms with Crippen LogP contribution in [0.2, 0.25) is 5.02 Å². The first-order valence-corrected chi connectivity index (χ1v) is 7.13. The molecule has 0 aliphatic rings. The molecule has 0 bridgehead atoms. The largest absolute Gasteiger partial charge is 0.450 e. The van der Waals surface area contributed by atoms with Gasteiger partial charge in [-0.3, -0.25) is 0 Å². The molecular formula is C14H17ClN4O2. The van der Waals surface area contributed by atoms with Crippen molar-refractivity contribution in [3.63, 3.8) is 0 Å². The van der Waals surface area contributed by atoms with E-state index in [1.54, 1.807) is 23.3 Å². The molecule has 2 heterocycles. The fraction of sp³-hybridized carbons (Fsp3) is 0.357. The van der Waals surface area contributed by atoms with E-state index in [-0.39, 0.29) is 0 Å². The van der Waals surface area contributed by atoms with Gasteiger partial charge in [-0.05, 0) is 18.1 Å². The van der Waals surface area contributed by atoms with Gasteiger partial charge in [0.05, 0.1) is 24.0 Å². The second-order valence-corrected chi connectivity index (χ2v) is 4.91. The molecule has 2 aromatic rings. The van der Waals surface area contributed by atoms with Crippen molar-refractivity contribution in [2.45, 2.75) is 26.3 Å². The molecule has 0 atom stereocenters. The lowest BCUT2D eigenvalue weighted by Crippen LogP contribution is -2.24. The summed E-state index contributed by atoms with van der Waals surface area (Å²) in [6.45, 7) is 2.86. The molecule has 0 saturated carbocycles. The maximum absolute atomic E-state index is 11.4. The van der Waals surface area contributed by atoms with Crippen molar-refractivity contribution in [1.82, 2.24) is 20.1 Å². The summed E-state index contributed by atoms with van der Waals surface area (Å²) in [5, 5.41) is 7.29. The smallest absolute Gasteiger partial charge is 0.407 e. The SMILES string of the molecule is CCCCOC(=O)NCc1ccc(-n2cc(Cl)cn2)nc1. The molecule has 7 heteroatoms. The number of rotatable bonds is 6. The molecule has 0 aliphatic carbocycles. The third kappa shape index (κ3) is 4.75. The minimum Gasteiger partial charge on any atom is -0.450 e. The summed E-state index contributed by atoms with van der Waals surface area (Å²) in [5.74, 6) is 0.663. The Bertz CT molecular complexity index is 583. The Morgan fingerprint density at radius 1 is 1.43 bits per heavy atom. The molecule has 0 unspecified atom stereocenters. The minimum absolute atomic E-state index is 0.373. The van der Waals surface area contributed by atoms with Crippen molar-refractivity contribution in [2.24, 2.45) is 0 Å². The molecule has 21 heavy (non-hydrogen) atoms. The number of nitrogens with zero attached hydrogens (tertiary/aromatic N) is 3. The van der Waals surface area contributed by atoms with Crippen molar-refractivity contribution < 1.29 is 9.53 Å². The third-order valence-electron chi connectivity index (χ3n) is 2.76. The van der Waals surface area contributed by atoms with Crippen LogP contribution in [0.25, 0.3) is 5.82 Å². The molecule has 0 aromatic carbocycles. The van der Waals surface area contributed by atoms with Gasteiger partial charge in [0.1, 0.15) is 0 Å². The van der Waals surface area contributed by atoms with Crippen LogP contribution in [-0.4, -0.2) is 27.5 Å². The number of hydrogen-bond donors (Lipinski definition) is 1. The molecule has 0 saturated heterocycles. The van der Waals surface area contributed by atoms with Gasteiger partial charge < -0.3 is 10.1 Å². The first-order valence-electron chi connectivity index (χ1n) is 6.75. The average Bonchev–Trinajstić information content (AvgIpc) is 2.92. The molecule has 6 nitrogen and oxygen atoms in total. The molecule has 1 amide bonds. The Balaban J connectivity index is 1.84. The quantitative estimate of drug-likeness (QED) is 0.833. The van der Waals surface area contributed by atoms with Crippen molar-refractivity contribution in [2.75, 3.05) is 6.61 Å². The summed E-state index contributed by atoms with van der Waals surface area (Å²) in [6, 6.07) is 3.67. The number of alkyl carbamates (subject to hydrolysis) is 1. The molecule has 2 rings (SSSR count). The number of amides is 1. The van der Waals surface area contributed by atoms with E-state index in [4.69, 9.17) is 16.3 Å². The lowest BCUT2D eigenvalue weighted by atomic mass is 10.3. The van der Waals surface area contributed by atoms with Crippen LogP contribution in [0.5, 0.6) is 0 Å². The lowest BCUT2D eigenvalue weighted by molar-refractivity contribution is 0.144. The van der Waals surface area contributed by atoms with Gasteiger partial charge >= 0.3 is 6.09 Å². The van der Waals surface area contributed by atoms with Crippen LogP contribution in [0, 0.1) is 0 Å². The molecule has 0 aliphatic heterocycles. The first-order chi connectivity index (χ1) is 10.2. The number of carbonyl (C=O) groups excluding carboxylic acids is 1. The Labute approximate surface area is 128 Å². The molecule has 2 aromatic heterocycles. The normalized spacial score (nSPS) is 10.4. The number of aromatic nitrogens is 3. The van der Waals surface area contributed by atoms with Gasteiger partial charge in [-0.25, -0.2) is 14.5 Å². The highest BCUT2D eigenvalue weighted by molar-refractivity contribution is 6.30. The highest BCUT2D eigenvalue weighted by Gasteiger charge is 2.03. The van der Waals surface area contributed by atoms with Crippen molar-refractivity contribution >= 4 is 17.7 Å². The molecule has 112 valence electrons. The van der Waals surface area contributed by atoms with Gasteiger partial charge in [0.15, 0.2) is 5.82 Å². The Morgan fingerprint density at radius 3 is 2.90 bits per heavy atom. The summed E-state index contributed by atoms with van der Waals surface area (Å²) in [7, 11) is 0. The monoisotopic (exact) mass is 308 g/mol. The van der Waals surface area contributed by atoms with Crippen LogP contribution in [-0.2, 0) is 11.3 Å². The van der Waals surface area contributed by atoms with Crippen LogP contribution in [0.15, 0.2) is 30.7 Å². The van der Waals surface area contributed by atoms with E-state index in [2.05, 4.69) is 15.4 Å². The van der Waals surface area contributed by atoms with Crippen LogP contribution in [0.1, 0.15) is 25.3 Å². The van der Waals surface area contributed by atoms with Crippen LogP contribution >= 0.6 is 11.6 Å². The summed E-state index contributed by atoms with van der Waals surface area (Å²) < 4.78 is 6.58. The summed E-state index contributed by atoms with van der Waals surface area (Å²) in [6.07, 6.45) is 6.35. The zero-order valence-electron chi connectivity index (χ0n) is 11.8. The zero-order chi connectivity index (χ0) is 15.1. The molecular weight excluding hydrogens is 292 g/mol. The molecule has 0 spiro atoms. The average molecular weight is 309 g/mol. The number of ether oxygens (including phenoxy) is 1. The van der Waals surface area contributed by atoms with Gasteiger partial charge in [-0.1, -0.05) is 31.0 Å². The molecule has 1 N–H and O–H groups in total. The minimum atomic E-state index is -0.411. The molecule has 0 fully saturated rings. The number of carbonyl (C=O) groups is 1. The van der Waals surface area contributed by atoms with E-state index >= 15 is 0 Å². The number of pyridine rings is 1. The summed E-state index contributed by atoms with van der Waals surface area (Å²) >= 11 is 5.81. The van der Waals surface area contributed by atoms with Crippen LogP contribution < -0.4 is 5.32 Å². The molecule has 0 radical (unpaired) electrons. The maximum Gasteiger partial charge on any atom is 0.407 e. The predicted octanol–water partition coefficient (Wildman–Crippen LogP) is 2.95. The fourth-order valence-corrected chi connectivity index (χ4v) is 1.75. The second kappa shape index (κ2) is 7.64. The highest BCUT2D eigenvalue weighted by Crippen LogP contribution is 2.10. The fourth-order valence-electron chi connectivity index (χ4n) is 1.62. The van der Waals surface area contributed by atoms with Crippen molar-refractivity contribution in [1.29, 1.82) is 0 Å².